The molecular formula is C14H22N2S. The van der Waals surface area contributed by atoms with Gasteiger partial charge < -0.3 is 10.6 Å². The van der Waals surface area contributed by atoms with Crippen LogP contribution in [0.25, 0.3) is 0 Å². The van der Waals surface area contributed by atoms with E-state index in [0.717, 1.165) is 25.4 Å². The highest BCUT2D eigenvalue weighted by Gasteiger charge is 2.25. The minimum atomic E-state index is 0.374. The number of benzene rings is 1. The first-order valence-corrected chi connectivity index (χ1v) is 7.31. The molecule has 0 amide bonds. The Bertz CT molecular complexity index is 340. The molecule has 0 spiro atoms. The molecule has 1 aromatic rings. The third kappa shape index (κ3) is 3.73. The summed E-state index contributed by atoms with van der Waals surface area (Å²) in [7, 11) is 0. The van der Waals surface area contributed by atoms with Crippen molar-refractivity contribution in [3.63, 3.8) is 0 Å². The monoisotopic (exact) mass is 250 g/mol. The van der Waals surface area contributed by atoms with Crippen LogP contribution in [0.15, 0.2) is 29.2 Å². The first-order chi connectivity index (χ1) is 8.15. The molecule has 1 saturated heterocycles. The van der Waals surface area contributed by atoms with Crippen molar-refractivity contribution in [2.45, 2.75) is 24.8 Å². The Hall–Kier alpha value is -0.510. The molecule has 94 valence electrons. The third-order valence-electron chi connectivity index (χ3n) is 3.44. The van der Waals surface area contributed by atoms with Gasteiger partial charge >= 0.3 is 0 Å². The van der Waals surface area contributed by atoms with E-state index < -0.39 is 0 Å². The fraction of sp³-hybridized carbons (Fsp3) is 0.571. The predicted molar refractivity (Wildman–Crippen MR) is 75.5 cm³/mol. The zero-order chi connectivity index (χ0) is 12.3. The van der Waals surface area contributed by atoms with E-state index in [4.69, 9.17) is 5.73 Å². The zero-order valence-corrected chi connectivity index (χ0v) is 11.5. The quantitative estimate of drug-likeness (QED) is 0.832. The van der Waals surface area contributed by atoms with E-state index >= 15 is 0 Å². The molecule has 2 N–H and O–H groups in total. The van der Waals surface area contributed by atoms with Gasteiger partial charge in [0.15, 0.2) is 0 Å². The molecule has 17 heavy (non-hydrogen) atoms. The average molecular weight is 250 g/mol. The van der Waals surface area contributed by atoms with Gasteiger partial charge in [-0.1, -0.05) is 24.6 Å². The van der Waals surface area contributed by atoms with Crippen LogP contribution in [0.4, 0.5) is 0 Å². The molecule has 0 saturated carbocycles. The summed E-state index contributed by atoms with van der Waals surface area (Å²) in [5.41, 5.74) is 7.35. The maximum atomic E-state index is 6.02. The van der Waals surface area contributed by atoms with Crippen LogP contribution in [0.5, 0.6) is 0 Å². The van der Waals surface area contributed by atoms with E-state index in [1.54, 1.807) is 0 Å². The van der Waals surface area contributed by atoms with Crippen molar-refractivity contribution < 1.29 is 0 Å². The fourth-order valence-corrected chi connectivity index (χ4v) is 3.12. The number of rotatable bonds is 4. The molecule has 2 atom stereocenters. The first-order valence-electron chi connectivity index (χ1n) is 6.32. The Balaban J connectivity index is 1.71. The van der Waals surface area contributed by atoms with Crippen molar-refractivity contribution >= 4 is 11.8 Å². The van der Waals surface area contributed by atoms with Gasteiger partial charge in [0.1, 0.15) is 0 Å². The summed E-state index contributed by atoms with van der Waals surface area (Å²) < 4.78 is 0. The van der Waals surface area contributed by atoms with E-state index in [2.05, 4.69) is 43.0 Å². The smallest absolute Gasteiger partial charge is 0.0206 e. The van der Waals surface area contributed by atoms with Crippen molar-refractivity contribution in [3.05, 3.63) is 29.8 Å². The molecule has 1 heterocycles. The van der Waals surface area contributed by atoms with Gasteiger partial charge in [0.05, 0.1) is 0 Å². The molecule has 0 aliphatic carbocycles. The van der Waals surface area contributed by atoms with Crippen LogP contribution >= 0.6 is 11.8 Å². The lowest BCUT2D eigenvalue weighted by Gasteiger charge is -2.14. The molecule has 0 aromatic heterocycles. The maximum absolute atomic E-state index is 6.02. The Labute approximate surface area is 109 Å². The topological polar surface area (TPSA) is 29.3 Å². The lowest BCUT2D eigenvalue weighted by atomic mass is 10.1. The van der Waals surface area contributed by atoms with Gasteiger partial charge in [-0.25, -0.2) is 0 Å². The van der Waals surface area contributed by atoms with Crippen LogP contribution in [-0.2, 0) is 0 Å². The van der Waals surface area contributed by atoms with Gasteiger partial charge in [0, 0.05) is 36.3 Å². The van der Waals surface area contributed by atoms with Crippen LogP contribution in [-0.4, -0.2) is 36.3 Å². The minimum absolute atomic E-state index is 0.374. The number of hydrogen-bond acceptors (Lipinski definition) is 3. The summed E-state index contributed by atoms with van der Waals surface area (Å²) in [5.74, 6) is 1.81. The minimum Gasteiger partial charge on any atom is -0.326 e. The number of likely N-dealkylation sites (tertiary alicyclic amines) is 1. The van der Waals surface area contributed by atoms with Crippen molar-refractivity contribution in [3.8, 4) is 0 Å². The molecule has 0 radical (unpaired) electrons. The van der Waals surface area contributed by atoms with Crippen molar-refractivity contribution in [1.82, 2.24) is 4.90 Å². The summed E-state index contributed by atoms with van der Waals surface area (Å²) in [5, 5.41) is 0. The van der Waals surface area contributed by atoms with Gasteiger partial charge in [0.2, 0.25) is 0 Å². The van der Waals surface area contributed by atoms with Gasteiger partial charge in [-0.15, -0.1) is 11.8 Å². The third-order valence-corrected chi connectivity index (χ3v) is 4.44. The molecule has 1 aromatic carbocycles. The number of nitrogens with zero attached hydrogens (tertiary/aromatic N) is 1. The number of hydrogen-bond donors (Lipinski definition) is 1. The lowest BCUT2D eigenvalue weighted by molar-refractivity contribution is 0.348. The molecule has 2 rings (SSSR count). The second-order valence-corrected chi connectivity index (χ2v) is 6.23. The standard InChI is InChI=1S/C14H22N2S/c1-11-3-5-13(6-4-11)17-8-7-16-9-12(2)14(15)10-16/h3-6,12,14H,7-10,15H2,1-2H3. The Morgan fingerprint density at radius 1 is 1.29 bits per heavy atom. The summed E-state index contributed by atoms with van der Waals surface area (Å²) in [4.78, 5) is 3.85. The molecule has 1 fully saturated rings. The van der Waals surface area contributed by atoms with Crippen molar-refractivity contribution in [2.24, 2.45) is 11.7 Å². The molecule has 2 unspecified atom stereocenters. The second kappa shape index (κ2) is 5.89. The Morgan fingerprint density at radius 2 is 2.00 bits per heavy atom. The molecule has 3 heteroatoms. The van der Waals surface area contributed by atoms with Crippen molar-refractivity contribution in [2.75, 3.05) is 25.4 Å². The first kappa shape index (κ1) is 12.9. The summed E-state index contributed by atoms with van der Waals surface area (Å²) in [6.45, 7) is 7.75. The largest absolute Gasteiger partial charge is 0.326 e. The van der Waals surface area contributed by atoms with Crippen LogP contribution < -0.4 is 5.73 Å². The van der Waals surface area contributed by atoms with Crippen LogP contribution in [0.1, 0.15) is 12.5 Å². The molecule has 1 aliphatic heterocycles. The molecular weight excluding hydrogens is 228 g/mol. The highest BCUT2D eigenvalue weighted by atomic mass is 32.2. The van der Waals surface area contributed by atoms with E-state index in [-0.39, 0.29) is 0 Å². The highest BCUT2D eigenvalue weighted by Crippen LogP contribution is 2.20. The van der Waals surface area contributed by atoms with E-state index in [0.29, 0.717) is 12.0 Å². The van der Waals surface area contributed by atoms with Gasteiger partial charge in [-0.05, 0) is 25.0 Å². The summed E-state index contributed by atoms with van der Waals surface area (Å²) in [6.07, 6.45) is 0. The second-order valence-electron chi connectivity index (χ2n) is 5.06. The maximum Gasteiger partial charge on any atom is 0.0206 e. The van der Waals surface area contributed by atoms with Crippen molar-refractivity contribution in [1.29, 1.82) is 0 Å². The Morgan fingerprint density at radius 3 is 2.59 bits per heavy atom. The normalized spacial score (nSPS) is 25.4. The van der Waals surface area contributed by atoms with Crippen LogP contribution in [0, 0.1) is 12.8 Å². The SMILES string of the molecule is Cc1ccc(SCCN2CC(C)C(N)C2)cc1. The Kier molecular flexibility index (Phi) is 4.48. The van der Waals surface area contributed by atoms with Crippen LogP contribution in [0.3, 0.4) is 0 Å². The molecule has 1 aliphatic rings. The number of thioether (sulfide) groups is 1. The number of aryl methyl sites for hydroxylation is 1. The van der Waals surface area contributed by atoms with Crippen LogP contribution in [0.2, 0.25) is 0 Å². The highest BCUT2D eigenvalue weighted by molar-refractivity contribution is 7.99. The van der Waals surface area contributed by atoms with Gasteiger partial charge in [-0.2, -0.15) is 0 Å². The van der Waals surface area contributed by atoms with E-state index in [9.17, 15) is 0 Å². The summed E-state index contributed by atoms with van der Waals surface area (Å²) >= 11 is 1.94. The molecule has 0 bridgehead atoms. The predicted octanol–water partition coefficient (Wildman–Crippen LogP) is 2.37. The number of nitrogens with two attached hydrogens (primary N) is 1. The van der Waals surface area contributed by atoms with E-state index in [1.807, 2.05) is 11.8 Å². The molecule has 2 nitrogen and oxygen atoms in total. The summed E-state index contributed by atoms with van der Waals surface area (Å²) in [6, 6.07) is 9.14. The lowest BCUT2D eigenvalue weighted by Crippen LogP contribution is -2.29. The average Bonchev–Trinajstić information content (AvgIpc) is 2.61. The van der Waals surface area contributed by atoms with E-state index in [1.165, 1.54) is 10.5 Å². The van der Waals surface area contributed by atoms with Gasteiger partial charge in [-0.3, -0.25) is 0 Å². The zero-order valence-electron chi connectivity index (χ0n) is 10.7. The fourth-order valence-electron chi connectivity index (χ4n) is 2.20. The van der Waals surface area contributed by atoms with Gasteiger partial charge in [0.25, 0.3) is 0 Å².